The molecule has 1 amide bonds. The number of halogens is 1. The highest BCUT2D eigenvalue weighted by atomic mass is 35.5. The lowest BCUT2D eigenvalue weighted by molar-refractivity contribution is 0.117. The van der Waals surface area contributed by atoms with Gasteiger partial charge in [-0.3, -0.25) is 0 Å². The highest BCUT2D eigenvalue weighted by Gasteiger charge is 2.38. The molecular formula is C29H35ClN2O2. The number of carbonyl (C=O) groups is 1. The van der Waals surface area contributed by atoms with Gasteiger partial charge in [-0.2, -0.15) is 4.99 Å². The van der Waals surface area contributed by atoms with Crippen molar-refractivity contribution in [3.8, 4) is 0 Å². The number of amides is 1. The number of benzene rings is 1. The van der Waals surface area contributed by atoms with Crippen LogP contribution in [0.3, 0.4) is 0 Å². The summed E-state index contributed by atoms with van der Waals surface area (Å²) in [6.07, 6.45) is 8.00. The summed E-state index contributed by atoms with van der Waals surface area (Å²) in [5, 5.41) is 0.533. The Bertz CT molecular complexity index is 1100. The molecule has 1 atom stereocenters. The first-order valence-corrected chi connectivity index (χ1v) is 11.8. The summed E-state index contributed by atoms with van der Waals surface area (Å²) in [7, 11) is 0. The molecule has 0 saturated heterocycles. The maximum atomic E-state index is 12.4. The number of hydrogen-bond donors (Lipinski definition) is 0. The zero-order valence-electron chi connectivity index (χ0n) is 21.0. The molecular weight excluding hydrogens is 444 g/mol. The summed E-state index contributed by atoms with van der Waals surface area (Å²) < 4.78 is 5.42. The van der Waals surface area contributed by atoms with E-state index in [0.717, 1.165) is 27.9 Å². The normalized spacial score (nSPS) is 17.1. The number of ether oxygens (including phenoxy) is 1. The summed E-state index contributed by atoms with van der Waals surface area (Å²) in [6, 6.07) is 7.22. The molecule has 0 heterocycles. The summed E-state index contributed by atoms with van der Waals surface area (Å²) >= 11 is 6.18. The second-order valence-electron chi connectivity index (χ2n) is 9.08. The van der Waals surface area contributed by atoms with Crippen LogP contribution in [0.25, 0.3) is 0 Å². The van der Waals surface area contributed by atoms with Crippen LogP contribution in [0.1, 0.15) is 65.5 Å². The van der Waals surface area contributed by atoms with Gasteiger partial charge in [0.05, 0.1) is 0 Å². The molecule has 2 rings (SSSR count). The third-order valence-electron chi connectivity index (χ3n) is 6.43. The number of nitrogens with zero attached hydrogens (tertiary/aromatic N) is 2. The van der Waals surface area contributed by atoms with Crippen molar-refractivity contribution in [3.05, 3.63) is 94.1 Å². The van der Waals surface area contributed by atoms with Crippen LogP contribution in [0, 0.1) is 5.41 Å². The van der Waals surface area contributed by atoms with E-state index in [1.807, 2.05) is 45.0 Å². The number of carbonyl (C=O) groups excluding carboxylic acids is 1. The Morgan fingerprint density at radius 1 is 1.21 bits per heavy atom. The van der Waals surface area contributed by atoms with Gasteiger partial charge in [0.2, 0.25) is 0 Å². The maximum Gasteiger partial charge on any atom is 0.436 e. The molecule has 4 nitrogen and oxygen atoms in total. The second kappa shape index (κ2) is 11.9. The van der Waals surface area contributed by atoms with E-state index in [9.17, 15) is 4.79 Å². The Hall–Kier alpha value is -2.98. The van der Waals surface area contributed by atoms with Gasteiger partial charge in [-0.05, 0) is 87.4 Å². The van der Waals surface area contributed by atoms with Gasteiger partial charge in [0, 0.05) is 10.6 Å². The average molecular weight is 479 g/mol. The zero-order valence-corrected chi connectivity index (χ0v) is 21.7. The summed E-state index contributed by atoms with van der Waals surface area (Å²) in [5.41, 5.74) is 5.96. The molecule has 0 aliphatic heterocycles. The Kier molecular flexibility index (Phi) is 9.57. The van der Waals surface area contributed by atoms with Gasteiger partial charge >= 0.3 is 6.09 Å². The molecule has 5 heteroatoms. The molecule has 180 valence electrons. The fraction of sp³-hybridized carbons (Fsp3) is 0.345. The van der Waals surface area contributed by atoms with Crippen molar-refractivity contribution in [1.82, 2.24) is 0 Å². The lowest BCUT2D eigenvalue weighted by Gasteiger charge is -2.13. The van der Waals surface area contributed by atoms with Gasteiger partial charge < -0.3 is 4.74 Å². The Balaban J connectivity index is 2.04. The predicted molar refractivity (Wildman–Crippen MR) is 145 cm³/mol. The highest BCUT2D eigenvalue weighted by molar-refractivity contribution is 6.31. The van der Waals surface area contributed by atoms with E-state index in [4.69, 9.17) is 16.3 Å². The molecule has 0 aromatic heterocycles. The Labute approximate surface area is 209 Å². The van der Waals surface area contributed by atoms with E-state index >= 15 is 0 Å². The monoisotopic (exact) mass is 478 g/mol. The van der Waals surface area contributed by atoms with Crippen LogP contribution in [-0.2, 0) is 4.74 Å². The molecule has 0 radical (unpaired) electrons. The van der Waals surface area contributed by atoms with E-state index in [0.29, 0.717) is 17.0 Å². The highest BCUT2D eigenvalue weighted by Crippen LogP contribution is 2.51. The van der Waals surface area contributed by atoms with Crippen molar-refractivity contribution in [2.24, 2.45) is 15.4 Å². The molecule has 0 spiro atoms. The Morgan fingerprint density at radius 2 is 1.85 bits per heavy atom. The molecule has 34 heavy (non-hydrogen) atoms. The molecule has 1 aromatic carbocycles. The fourth-order valence-corrected chi connectivity index (χ4v) is 3.48. The van der Waals surface area contributed by atoms with Crippen LogP contribution in [0.2, 0.25) is 5.02 Å². The van der Waals surface area contributed by atoms with Crippen LogP contribution in [-0.4, -0.2) is 18.6 Å². The number of rotatable bonds is 9. The van der Waals surface area contributed by atoms with Gasteiger partial charge in [0.25, 0.3) is 0 Å². The SMILES string of the molecule is C=NC(=NC(=O)OC(C)c1ccccc1Cl)C(C)=C(C)CC=C(C)C(=C)/C=C\C(=C)C1(C)CC1. The smallest absolute Gasteiger partial charge is 0.436 e. The maximum absolute atomic E-state index is 12.4. The van der Waals surface area contributed by atoms with E-state index in [1.54, 1.807) is 13.0 Å². The van der Waals surface area contributed by atoms with E-state index in [2.05, 4.69) is 48.9 Å². The van der Waals surface area contributed by atoms with Crippen molar-refractivity contribution in [1.29, 1.82) is 0 Å². The minimum Gasteiger partial charge on any atom is -0.440 e. The summed E-state index contributed by atoms with van der Waals surface area (Å²) in [6.45, 7) is 21.8. The first kappa shape index (κ1) is 27.3. The molecule has 1 unspecified atom stereocenters. The third kappa shape index (κ3) is 7.53. The van der Waals surface area contributed by atoms with Gasteiger partial charge in [0.15, 0.2) is 5.84 Å². The molecule has 1 aliphatic rings. The van der Waals surface area contributed by atoms with Crippen molar-refractivity contribution in [3.63, 3.8) is 0 Å². The lowest BCUT2D eigenvalue weighted by Crippen LogP contribution is -2.09. The number of allylic oxidation sites excluding steroid dienone is 7. The zero-order chi connectivity index (χ0) is 25.5. The first-order chi connectivity index (χ1) is 16.0. The van der Waals surface area contributed by atoms with Crippen LogP contribution in [0.5, 0.6) is 0 Å². The largest absolute Gasteiger partial charge is 0.440 e. The third-order valence-corrected chi connectivity index (χ3v) is 6.77. The minimum atomic E-state index is -0.739. The fourth-order valence-electron chi connectivity index (χ4n) is 3.19. The number of amidine groups is 1. The van der Waals surface area contributed by atoms with Crippen molar-refractivity contribution >= 4 is 30.2 Å². The van der Waals surface area contributed by atoms with Crippen LogP contribution >= 0.6 is 11.6 Å². The van der Waals surface area contributed by atoms with Crippen molar-refractivity contribution in [2.75, 3.05) is 0 Å². The first-order valence-electron chi connectivity index (χ1n) is 11.4. The average Bonchev–Trinajstić information content (AvgIpc) is 3.57. The van der Waals surface area contributed by atoms with Crippen LogP contribution < -0.4 is 0 Å². The Morgan fingerprint density at radius 3 is 2.44 bits per heavy atom. The van der Waals surface area contributed by atoms with E-state index < -0.39 is 12.2 Å². The lowest BCUT2D eigenvalue weighted by atomic mass is 9.97. The second-order valence-corrected chi connectivity index (χ2v) is 9.49. The standard InChI is InChI=1S/C29H35ClN2O2/c1-19(20(2)15-16-22(4)29(7)17-18-29)13-14-21(3)23(5)27(31-8)32-28(33)34-24(6)25-11-9-10-12-26(25)30/h9-13,15-16,24H,2,4,8,14,17-18H2,1,3,5-7H3/b16-15-,19-13?,23-21?,32-27?. The number of aliphatic imine (C=N–C) groups is 2. The molecule has 0 N–H and O–H groups in total. The minimum absolute atomic E-state index is 0.243. The van der Waals surface area contributed by atoms with Gasteiger partial charge in [0.1, 0.15) is 6.10 Å². The van der Waals surface area contributed by atoms with Crippen molar-refractivity contribution < 1.29 is 9.53 Å². The van der Waals surface area contributed by atoms with Gasteiger partial charge in [-0.15, -0.1) is 0 Å². The topological polar surface area (TPSA) is 51.0 Å². The van der Waals surface area contributed by atoms with Gasteiger partial charge in [-0.1, -0.05) is 73.7 Å². The number of hydrogen-bond acceptors (Lipinski definition) is 2. The summed E-state index contributed by atoms with van der Waals surface area (Å²) in [4.78, 5) is 20.4. The molecule has 1 aliphatic carbocycles. The molecule has 0 bridgehead atoms. The van der Waals surface area contributed by atoms with Crippen LogP contribution in [0.4, 0.5) is 4.79 Å². The molecule has 1 fully saturated rings. The van der Waals surface area contributed by atoms with E-state index in [-0.39, 0.29) is 11.3 Å². The van der Waals surface area contributed by atoms with Gasteiger partial charge in [-0.25, -0.2) is 9.79 Å². The molecule has 1 saturated carbocycles. The quantitative estimate of drug-likeness (QED) is 0.202. The van der Waals surface area contributed by atoms with Crippen LogP contribution in [0.15, 0.2) is 93.5 Å². The predicted octanol–water partition coefficient (Wildman–Crippen LogP) is 8.78. The molecule has 1 aromatic rings. The summed E-state index contributed by atoms with van der Waals surface area (Å²) in [5.74, 6) is 0.243. The van der Waals surface area contributed by atoms with E-state index in [1.165, 1.54) is 12.8 Å². The van der Waals surface area contributed by atoms with Crippen molar-refractivity contribution in [2.45, 2.75) is 60.0 Å².